The summed E-state index contributed by atoms with van der Waals surface area (Å²) in [7, 11) is 0. The molecule has 2 aromatic rings. The van der Waals surface area contributed by atoms with Crippen molar-refractivity contribution in [1.82, 2.24) is 9.97 Å². The van der Waals surface area contributed by atoms with E-state index in [2.05, 4.69) is 9.97 Å². The molecule has 94 valence electrons. The SMILES string of the molecule is FC(F)(F)c1nc(=S)cc(-c2ccccc2Cl)[nH]1. The van der Waals surface area contributed by atoms with Crippen molar-refractivity contribution < 1.29 is 13.2 Å². The standard InChI is InChI=1S/C11H6ClF3N2S/c12-7-4-2-1-3-6(7)8-5-9(18)17-10(16-8)11(13,14)15/h1-5H,(H,16,17,18). The van der Waals surface area contributed by atoms with Crippen LogP contribution in [0.5, 0.6) is 0 Å². The van der Waals surface area contributed by atoms with Gasteiger partial charge in [0, 0.05) is 10.6 Å². The van der Waals surface area contributed by atoms with Crippen LogP contribution in [0, 0.1) is 4.64 Å². The van der Waals surface area contributed by atoms with Crippen LogP contribution in [0.3, 0.4) is 0 Å². The Morgan fingerprint density at radius 1 is 1.22 bits per heavy atom. The Kier molecular flexibility index (Phi) is 3.41. The lowest BCUT2D eigenvalue weighted by molar-refractivity contribution is -0.144. The lowest BCUT2D eigenvalue weighted by Gasteiger charge is -2.09. The second kappa shape index (κ2) is 4.70. The fourth-order valence-corrected chi connectivity index (χ4v) is 1.86. The minimum Gasteiger partial charge on any atom is -0.335 e. The number of hydrogen-bond donors (Lipinski definition) is 1. The highest BCUT2D eigenvalue weighted by atomic mass is 35.5. The molecule has 18 heavy (non-hydrogen) atoms. The number of aromatic nitrogens is 2. The topological polar surface area (TPSA) is 28.7 Å². The monoisotopic (exact) mass is 290 g/mol. The summed E-state index contributed by atoms with van der Waals surface area (Å²) in [5, 5.41) is 0.336. The van der Waals surface area contributed by atoms with Gasteiger partial charge in [-0.2, -0.15) is 13.2 Å². The molecule has 0 atom stereocenters. The largest absolute Gasteiger partial charge is 0.449 e. The molecule has 2 nitrogen and oxygen atoms in total. The summed E-state index contributed by atoms with van der Waals surface area (Å²) < 4.78 is 37.6. The van der Waals surface area contributed by atoms with Gasteiger partial charge in [0.25, 0.3) is 0 Å². The summed E-state index contributed by atoms with van der Waals surface area (Å²) in [5.74, 6) is -1.13. The van der Waals surface area contributed by atoms with Crippen LogP contribution in [0.4, 0.5) is 13.2 Å². The molecule has 1 heterocycles. The van der Waals surface area contributed by atoms with Crippen LogP contribution in [0.25, 0.3) is 11.3 Å². The van der Waals surface area contributed by atoms with Crippen LogP contribution >= 0.6 is 23.8 Å². The van der Waals surface area contributed by atoms with E-state index in [-0.39, 0.29) is 10.3 Å². The maximum absolute atomic E-state index is 12.6. The van der Waals surface area contributed by atoms with E-state index in [1.807, 2.05) is 0 Å². The first kappa shape index (κ1) is 13.0. The number of hydrogen-bond acceptors (Lipinski definition) is 2. The van der Waals surface area contributed by atoms with E-state index < -0.39 is 12.0 Å². The number of nitrogens with zero attached hydrogens (tertiary/aromatic N) is 1. The second-order valence-corrected chi connectivity index (χ2v) is 4.28. The van der Waals surface area contributed by atoms with Gasteiger partial charge in [0.15, 0.2) is 0 Å². The van der Waals surface area contributed by atoms with Crippen LogP contribution < -0.4 is 0 Å². The van der Waals surface area contributed by atoms with Gasteiger partial charge in [-0.25, -0.2) is 4.98 Å². The number of nitrogens with one attached hydrogen (secondary N) is 1. The molecular formula is C11H6ClF3N2S. The molecule has 0 radical (unpaired) electrons. The first-order chi connectivity index (χ1) is 8.38. The highest BCUT2D eigenvalue weighted by molar-refractivity contribution is 7.71. The third-order valence-electron chi connectivity index (χ3n) is 2.18. The minimum atomic E-state index is -4.58. The van der Waals surface area contributed by atoms with Crippen LogP contribution in [0.1, 0.15) is 5.82 Å². The van der Waals surface area contributed by atoms with E-state index in [1.54, 1.807) is 24.3 Å². The third kappa shape index (κ3) is 2.70. The molecule has 0 aliphatic rings. The molecule has 0 fully saturated rings. The molecular weight excluding hydrogens is 285 g/mol. The number of H-pyrrole nitrogens is 1. The van der Waals surface area contributed by atoms with Crippen molar-refractivity contribution in [3.8, 4) is 11.3 Å². The molecule has 1 N–H and O–H groups in total. The van der Waals surface area contributed by atoms with Gasteiger partial charge in [0.05, 0.1) is 5.69 Å². The first-order valence-corrected chi connectivity index (χ1v) is 5.60. The summed E-state index contributed by atoms with van der Waals surface area (Å²) in [4.78, 5) is 5.45. The van der Waals surface area contributed by atoms with Crippen molar-refractivity contribution in [2.24, 2.45) is 0 Å². The van der Waals surface area contributed by atoms with E-state index in [0.717, 1.165) is 0 Å². The molecule has 0 bridgehead atoms. The quantitative estimate of drug-likeness (QED) is 0.785. The van der Waals surface area contributed by atoms with Gasteiger partial charge >= 0.3 is 6.18 Å². The summed E-state index contributed by atoms with van der Waals surface area (Å²) in [6.07, 6.45) is -4.58. The van der Waals surface area contributed by atoms with Gasteiger partial charge in [-0.15, -0.1) is 0 Å². The van der Waals surface area contributed by atoms with Crippen molar-refractivity contribution in [3.63, 3.8) is 0 Å². The number of alkyl halides is 3. The molecule has 0 unspecified atom stereocenters. The molecule has 0 aliphatic carbocycles. The Labute approximate surface area is 110 Å². The lowest BCUT2D eigenvalue weighted by atomic mass is 10.1. The Morgan fingerprint density at radius 3 is 2.50 bits per heavy atom. The molecule has 2 rings (SSSR count). The Morgan fingerprint density at radius 2 is 1.89 bits per heavy atom. The van der Waals surface area contributed by atoms with Gasteiger partial charge in [0.1, 0.15) is 4.64 Å². The van der Waals surface area contributed by atoms with E-state index in [0.29, 0.717) is 10.6 Å². The second-order valence-electron chi connectivity index (χ2n) is 3.46. The Balaban J connectivity index is 2.63. The van der Waals surface area contributed by atoms with E-state index in [9.17, 15) is 13.2 Å². The fraction of sp³-hybridized carbons (Fsp3) is 0.0909. The minimum absolute atomic E-state index is 0.143. The molecule has 0 aliphatic heterocycles. The molecule has 1 aromatic heterocycles. The van der Waals surface area contributed by atoms with Crippen LogP contribution in [-0.2, 0) is 6.18 Å². The Bertz CT molecular complexity index is 637. The lowest BCUT2D eigenvalue weighted by Crippen LogP contribution is -2.11. The average molecular weight is 291 g/mol. The number of benzene rings is 1. The molecule has 1 aromatic carbocycles. The third-order valence-corrected chi connectivity index (χ3v) is 2.71. The predicted molar refractivity (Wildman–Crippen MR) is 64.9 cm³/mol. The van der Waals surface area contributed by atoms with Crippen molar-refractivity contribution in [1.29, 1.82) is 0 Å². The molecule has 7 heteroatoms. The van der Waals surface area contributed by atoms with Crippen LogP contribution in [-0.4, -0.2) is 9.97 Å². The van der Waals surface area contributed by atoms with Crippen molar-refractivity contribution in [2.45, 2.75) is 6.18 Å². The van der Waals surface area contributed by atoms with Gasteiger partial charge in [-0.3, -0.25) is 0 Å². The maximum Gasteiger partial charge on any atom is 0.449 e. The van der Waals surface area contributed by atoms with Crippen LogP contribution in [0.2, 0.25) is 5.02 Å². The van der Waals surface area contributed by atoms with Crippen molar-refractivity contribution in [3.05, 3.63) is 45.8 Å². The summed E-state index contributed by atoms with van der Waals surface area (Å²) in [5.41, 5.74) is 0.631. The fourth-order valence-electron chi connectivity index (χ4n) is 1.42. The first-order valence-electron chi connectivity index (χ1n) is 4.81. The number of halogens is 4. The van der Waals surface area contributed by atoms with Crippen LogP contribution in [0.15, 0.2) is 30.3 Å². The summed E-state index contributed by atoms with van der Waals surface area (Å²) in [6, 6.07) is 7.88. The highest BCUT2D eigenvalue weighted by Gasteiger charge is 2.34. The predicted octanol–water partition coefficient (Wildman–Crippen LogP) is 4.48. The van der Waals surface area contributed by atoms with Crippen molar-refractivity contribution >= 4 is 23.8 Å². The normalized spacial score (nSPS) is 11.6. The molecule has 0 saturated carbocycles. The summed E-state index contributed by atoms with van der Waals surface area (Å²) in [6.45, 7) is 0. The van der Waals surface area contributed by atoms with Gasteiger partial charge in [-0.05, 0) is 12.1 Å². The zero-order valence-corrected chi connectivity index (χ0v) is 10.3. The molecule has 0 spiro atoms. The average Bonchev–Trinajstić information content (AvgIpc) is 2.27. The Hall–Kier alpha value is -1.40. The van der Waals surface area contributed by atoms with Gasteiger partial charge < -0.3 is 4.98 Å². The molecule has 0 saturated heterocycles. The van der Waals surface area contributed by atoms with E-state index >= 15 is 0 Å². The zero-order valence-electron chi connectivity index (χ0n) is 8.75. The van der Waals surface area contributed by atoms with Gasteiger partial charge in [0.2, 0.25) is 5.82 Å². The number of aromatic amines is 1. The smallest absolute Gasteiger partial charge is 0.335 e. The maximum atomic E-state index is 12.6. The van der Waals surface area contributed by atoms with E-state index in [4.69, 9.17) is 23.8 Å². The summed E-state index contributed by atoms with van der Waals surface area (Å²) >= 11 is 10.6. The van der Waals surface area contributed by atoms with E-state index in [1.165, 1.54) is 6.07 Å². The highest BCUT2D eigenvalue weighted by Crippen LogP contribution is 2.30. The van der Waals surface area contributed by atoms with Crippen molar-refractivity contribution in [2.75, 3.05) is 0 Å². The zero-order chi connectivity index (χ0) is 13.3. The van der Waals surface area contributed by atoms with Gasteiger partial charge in [-0.1, -0.05) is 42.0 Å². The number of rotatable bonds is 1. The molecule has 0 amide bonds.